The van der Waals surface area contributed by atoms with Crippen molar-refractivity contribution in [1.82, 2.24) is 4.72 Å². The molecule has 0 saturated carbocycles. The summed E-state index contributed by atoms with van der Waals surface area (Å²) < 4.78 is 31.9. The molecule has 9 heteroatoms. The van der Waals surface area contributed by atoms with Gasteiger partial charge in [0.15, 0.2) is 12.4 Å². The van der Waals surface area contributed by atoms with Crippen LogP contribution in [-0.2, 0) is 24.3 Å². The second kappa shape index (κ2) is 9.44. The Hall–Kier alpha value is -3.04. The number of anilines is 1. The van der Waals surface area contributed by atoms with Gasteiger partial charge in [-0.05, 0) is 38.1 Å². The molecule has 0 aliphatic carbocycles. The number of hydrogen-bond donors (Lipinski definition) is 2. The average molecular weight is 418 g/mol. The number of ether oxygens (including phenoxy) is 1. The van der Waals surface area contributed by atoms with Gasteiger partial charge in [-0.15, -0.1) is 0 Å². The van der Waals surface area contributed by atoms with E-state index < -0.39 is 28.6 Å². The molecule has 0 spiro atoms. The van der Waals surface area contributed by atoms with E-state index in [4.69, 9.17) is 4.74 Å². The van der Waals surface area contributed by atoms with Crippen LogP contribution in [0, 0.1) is 6.92 Å². The molecule has 2 aromatic carbocycles. The van der Waals surface area contributed by atoms with Crippen LogP contribution in [0.25, 0.3) is 0 Å². The number of ketones is 1. The molecule has 1 amide bonds. The lowest BCUT2D eigenvalue weighted by molar-refractivity contribution is -0.144. The van der Waals surface area contributed by atoms with Crippen molar-refractivity contribution in [3.05, 3.63) is 59.7 Å². The molecule has 8 nitrogen and oxygen atoms in total. The maximum atomic E-state index is 12.4. The van der Waals surface area contributed by atoms with Crippen molar-refractivity contribution in [3.63, 3.8) is 0 Å². The molecule has 0 aliphatic heterocycles. The molecule has 2 rings (SSSR count). The van der Waals surface area contributed by atoms with Crippen molar-refractivity contribution in [3.8, 4) is 0 Å². The summed E-state index contributed by atoms with van der Waals surface area (Å²) in [4.78, 5) is 35.1. The van der Waals surface area contributed by atoms with Gasteiger partial charge in [0.1, 0.15) is 6.04 Å². The Morgan fingerprint density at radius 3 is 2.14 bits per heavy atom. The number of Topliss-reactive ketones (excluding diaryl/α,β-unsaturated/α-hetero) is 1. The first-order chi connectivity index (χ1) is 13.6. The van der Waals surface area contributed by atoms with E-state index in [1.165, 1.54) is 38.1 Å². The number of hydrogen-bond acceptors (Lipinski definition) is 6. The summed E-state index contributed by atoms with van der Waals surface area (Å²) in [6, 6.07) is 11.1. The fourth-order valence-corrected chi connectivity index (χ4v) is 3.55. The number of aryl methyl sites for hydroxylation is 1. The van der Waals surface area contributed by atoms with E-state index in [1.54, 1.807) is 24.3 Å². The summed E-state index contributed by atoms with van der Waals surface area (Å²) in [7, 11) is -3.99. The van der Waals surface area contributed by atoms with Crippen molar-refractivity contribution in [2.45, 2.75) is 31.7 Å². The predicted molar refractivity (Wildman–Crippen MR) is 107 cm³/mol. The summed E-state index contributed by atoms with van der Waals surface area (Å²) in [5, 5.41) is 2.53. The molecule has 2 N–H and O–H groups in total. The third kappa shape index (κ3) is 6.51. The summed E-state index contributed by atoms with van der Waals surface area (Å²) in [6.45, 7) is 4.06. The zero-order valence-electron chi connectivity index (χ0n) is 16.3. The number of carbonyl (C=O) groups is 3. The van der Waals surface area contributed by atoms with Crippen LogP contribution in [0.15, 0.2) is 53.4 Å². The molecule has 0 bridgehead atoms. The fraction of sp³-hybridized carbons (Fsp3) is 0.250. The summed E-state index contributed by atoms with van der Waals surface area (Å²) in [5.41, 5.74) is 1.83. The molecule has 154 valence electrons. The van der Waals surface area contributed by atoms with Gasteiger partial charge in [0.2, 0.25) is 15.9 Å². The number of carbonyl (C=O) groups excluding carboxylic acids is 3. The largest absolute Gasteiger partial charge is 0.456 e. The van der Waals surface area contributed by atoms with Crippen molar-refractivity contribution in [1.29, 1.82) is 0 Å². The van der Waals surface area contributed by atoms with E-state index in [2.05, 4.69) is 10.0 Å². The van der Waals surface area contributed by atoms with Crippen LogP contribution in [-0.4, -0.2) is 38.7 Å². The molecule has 0 fully saturated rings. The molecule has 0 radical (unpaired) electrons. The second-order valence-corrected chi connectivity index (χ2v) is 8.16. The molecule has 0 heterocycles. The highest BCUT2D eigenvalue weighted by Gasteiger charge is 2.24. The lowest BCUT2D eigenvalue weighted by Gasteiger charge is -2.14. The monoisotopic (exact) mass is 418 g/mol. The Kier molecular flexibility index (Phi) is 7.24. The molecule has 0 aromatic heterocycles. The highest BCUT2D eigenvalue weighted by atomic mass is 32.2. The van der Waals surface area contributed by atoms with Crippen LogP contribution in [0.5, 0.6) is 0 Å². The van der Waals surface area contributed by atoms with Crippen molar-refractivity contribution in [2.75, 3.05) is 11.9 Å². The van der Waals surface area contributed by atoms with Gasteiger partial charge < -0.3 is 10.1 Å². The second-order valence-electron chi connectivity index (χ2n) is 6.45. The van der Waals surface area contributed by atoms with Gasteiger partial charge in [-0.25, -0.2) is 8.42 Å². The average Bonchev–Trinajstić information content (AvgIpc) is 2.66. The van der Waals surface area contributed by atoms with E-state index in [-0.39, 0.29) is 16.6 Å². The minimum Gasteiger partial charge on any atom is -0.456 e. The van der Waals surface area contributed by atoms with Crippen molar-refractivity contribution in [2.24, 2.45) is 0 Å². The zero-order chi connectivity index (χ0) is 21.6. The van der Waals surface area contributed by atoms with Crippen LogP contribution < -0.4 is 10.0 Å². The smallest absolute Gasteiger partial charge is 0.324 e. The van der Waals surface area contributed by atoms with Crippen LogP contribution in [0.2, 0.25) is 0 Å². The van der Waals surface area contributed by atoms with Gasteiger partial charge in [-0.1, -0.05) is 29.8 Å². The van der Waals surface area contributed by atoms with Gasteiger partial charge >= 0.3 is 5.97 Å². The number of sulfonamides is 1. The Bertz CT molecular complexity index is 998. The van der Waals surface area contributed by atoms with Gasteiger partial charge in [-0.3, -0.25) is 14.4 Å². The molecule has 2 aromatic rings. The van der Waals surface area contributed by atoms with Crippen LogP contribution in [0.1, 0.15) is 29.8 Å². The maximum absolute atomic E-state index is 12.4. The van der Waals surface area contributed by atoms with Crippen LogP contribution in [0.3, 0.4) is 0 Å². The SMILES string of the molecule is CC(=O)Nc1ccc(S(=O)(=O)N[C@H](C)C(=O)OCC(=O)c2ccc(C)cc2)cc1. The van der Waals surface area contributed by atoms with E-state index in [0.29, 0.717) is 11.3 Å². The van der Waals surface area contributed by atoms with Gasteiger partial charge in [0.05, 0.1) is 4.90 Å². The standard InChI is InChI=1S/C20H22N2O6S/c1-13-4-6-16(7-5-13)19(24)12-28-20(25)14(2)22-29(26,27)18-10-8-17(9-11-18)21-15(3)23/h4-11,14,22H,12H2,1-3H3,(H,21,23)/t14-/m1/s1. The molecule has 0 unspecified atom stereocenters. The first-order valence-electron chi connectivity index (χ1n) is 8.75. The Morgan fingerprint density at radius 2 is 1.59 bits per heavy atom. The highest BCUT2D eigenvalue weighted by Crippen LogP contribution is 2.14. The minimum absolute atomic E-state index is 0.0815. The molecule has 0 saturated heterocycles. The van der Waals surface area contributed by atoms with E-state index in [9.17, 15) is 22.8 Å². The molecule has 0 aliphatic rings. The predicted octanol–water partition coefficient (Wildman–Crippen LogP) is 2.05. The molecule has 1 atom stereocenters. The van der Waals surface area contributed by atoms with Crippen LogP contribution in [0.4, 0.5) is 5.69 Å². The Balaban J connectivity index is 1.94. The lowest BCUT2D eigenvalue weighted by Crippen LogP contribution is -2.40. The lowest BCUT2D eigenvalue weighted by atomic mass is 10.1. The normalized spacial score (nSPS) is 12.1. The quantitative estimate of drug-likeness (QED) is 0.500. The topological polar surface area (TPSA) is 119 Å². The number of amides is 1. The van der Waals surface area contributed by atoms with Gasteiger partial charge in [0.25, 0.3) is 0 Å². The van der Waals surface area contributed by atoms with Crippen molar-refractivity contribution >= 4 is 33.4 Å². The Labute approximate surface area is 169 Å². The summed E-state index contributed by atoms with van der Waals surface area (Å²) in [6.07, 6.45) is 0. The molecular formula is C20H22N2O6S. The van der Waals surface area contributed by atoms with E-state index in [0.717, 1.165) is 5.56 Å². The number of rotatable bonds is 8. The molecular weight excluding hydrogens is 396 g/mol. The number of esters is 1. The minimum atomic E-state index is -3.99. The van der Waals surface area contributed by atoms with Gasteiger partial charge in [0, 0.05) is 18.2 Å². The first kappa shape index (κ1) is 22.3. The van der Waals surface area contributed by atoms with Gasteiger partial charge in [-0.2, -0.15) is 4.72 Å². The maximum Gasteiger partial charge on any atom is 0.324 e. The first-order valence-corrected chi connectivity index (χ1v) is 10.2. The van der Waals surface area contributed by atoms with Crippen molar-refractivity contribution < 1.29 is 27.5 Å². The van der Waals surface area contributed by atoms with E-state index in [1.807, 2.05) is 6.92 Å². The number of nitrogens with one attached hydrogen (secondary N) is 2. The zero-order valence-corrected chi connectivity index (χ0v) is 17.1. The highest BCUT2D eigenvalue weighted by molar-refractivity contribution is 7.89. The van der Waals surface area contributed by atoms with Crippen LogP contribution >= 0.6 is 0 Å². The van der Waals surface area contributed by atoms with E-state index >= 15 is 0 Å². The Morgan fingerprint density at radius 1 is 1.00 bits per heavy atom. The summed E-state index contributed by atoms with van der Waals surface area (Å²) in [5.74, 6) is -1.54. The third-order valence-corrected chi connectivity index (χ3v) is 5.45. The number of benzene rings is 2. The summed E-state index contributed by atoms with van der Waals surface area (Å²) >= 11 is 0. The molecule has 29 heavy (non-hydrogen) atoms. The third-order valence-electron chi connectivity index (χ3n) is 3.89. The fourth-order valence-electron chi connectivity index (χ4n) is 2.35.